The lowest BCUT2D eigenvalue weighted by molar-refractivity contribution is 0.102. The maximum atomic E-state index is 13.0. The average molecular weight is 364 g/mol. The van der Waals surface area contributed by atoms with E-state index in [1.807, 2.05) is 25.1 Å². The zero-order valence-electron chi connectivity index (χ0n) is 15.5. The van der Waals surface area contributed by atoms with E-state index in [0.29, 0.717) is 11.5 Å². The first-order valence-corrected chi connectivity index (χ1v) is 8.69. The summed E-state index contributed by atoms with van der Waals surface area (Å²) in [5, 5.41) is 5.96. The standard InChI is InChI=1S/C21H21FN4O/c1-13(2)17-6-4-5-14(3)20(17)26-21(27)18-11-24-19(12-23-18)25-16-9-7-15(22)8-10-16/h4-13H,1-3H3,(H,24,25)(H,26,27). The van der Waals surface area contributed by atoms with Gasteiger partial charge < -0.3 is 10.6 Å². The van der Waals surface area contributed by atoms with Crippen LogP contribution in [0, 0.1) is 12.7 Å². The normalized spacial score (nSPS) is 10.7. The van der Waals surface area contributed by atoms with Gasteiger partial charge in [0, 0.05) is 11.4 Å². The first kappa shape index (κ1) is 18.5. The highest BCUT2D eigenvalue weighted by Crippen LogP contribution is 2.27. The molecule has 6 heteroatoms. The van der Waals surface area contributed by atoms with Crippen LogP contribution < -0.4 is 10.6 Å². The summed E-state index contributed by atoms with van der Waals surface area (Å²) in [6, 6.07) is 11.9. The zero-order valence-corrected chi connectivity index (χ0v) is 15.5. The number of nitrogens with one attached hydrogen (secondary N) is 2. The molecule has 2 aromatic carbocycles. The van der Waals surface area contributed by atoms with Gasteiger partial charge in [-0.1, -0.05) is 32.0 Å². The van der Waals surface area contributed by atoms with E-state index in [2.05, 4.69) is 34.4 Å². The van der Waals surface area contributed by atoms with Gasteiger partial charge in [0.15, 0.2) is 0 Å². The lowest BCUT2D eigenvalue weighted by Crippen LogP contribution is -2.16. The molecule has 3 rings (SSSR count). The fourth-order valence-electron chi connectivity index (χ4n) is 2.71. The van der Waals surface area contributed by atoms with Gasteiger partial charge in [-0.25, -0.2) is 14.4 Å². The number of carbonyl (C=O) groups excluding carboxylic acids is 1. The van der Waals surface area contributed by atoms with E-state index in [1.54, 1.807) is 12.1 Å². The van der Waals surface area contributed by atoms with Crippen molar-refractivity contribution in [3.63, 3.8) is 0 Å². The van der Waals surface area contributed by atoms with Crippen molar-refractivity contribution in [1.82, 2.24) is 9.97 Å². The molecule has 2 N–H and O–H groups in total. The molecule has 0 atom stereocenters. The Hall–Kier alpha value is -3.28. The number of amides is 1. The SMILES string of the molecule is Cc1cccc(C(C)C)c1NC(=O)c1cnc(Nc2ccc(F)cc2)cn1. The minimum Gasteiger partial charge on any atom is -0.339 e. The van der Waals surface area contributed by atoms with Crippen molar-refractivity contribution in [2.45, 2.75) is 26.7 Å². The van der Waals surface area contributed by atoms with Gasteiger partial charge in [0.25, 0.3) is 5.91 Å². The largest absolute Gasteiger partial charge is 0.339 e. The van der Waals surface area contributed by atoms with E-state index < -0.39 is 0 Å². The Bertz CT molecular complexity index is 937. The van der Waals surface area contributed by atoms with Crippen LogP contribution in [0.15, 0.2) is 54.9 Å². The summed E-state index contributed by atoms with van der Waals surface area (Å²) in [7, 11) is 0. The monoisotopic (exact) mass is 364 g/mol. The van der Waals surface area contributed by atoms with Gasteiger partial charge in [0.1, 0.15) is 17.3 Å². The molecule has 1 amide bonds. The van der Waals surface area contributed by atoms with Gasteiger partial charge >= 0.3 is 0 Å². The van der Waals surface area contributed by atoms with E-state index >= 15 is 0 Å². The van der Waals surface area contributed by atoms with Gasteiger partial charge in [-0.2, -0.15) is 0 Å². The van der Waals surface area contributed by atoms with E-state index in [-0.39, 0.29) is 23.3 Å². The number of hydrogen-bond acceptors (Lipinski definition) is 4. The second kappa shape index (κ2) is 7.95. The highest BCUT2D eigenvalue weighted by Gasteiger charge is 2.14. The van der Waals surface area contributed by atoms with Crippen LogP contribution in [0.4, 0.5) is 21.6 Å². The Labute approximate surface area is 157 Å². The molecule has 0 saturated carbocycles. The maximum absolute atomic E-state index is 13.0. The van der Waals surface area contributed by atoms with Crippen molar-refractivity contribution in [3.05, 3.63) is 77.5 Å². The third-order valence-electron chi connectivity index (χ3n) is 4.17. The van der Waals surface area contributed by atoms with Crippen LogP contribution in [-0.2, 0) is 0 Å². The second-order valence-corrected chi connectivity index (χ2v) is 6.57. The highest BCUT2D eigenvalue weighted by atomic mass is 19.1. The molecule has 3 aromatic rings. The van der Waals surface area contributed by atoms with Crippen LogP contribution in [0.2, 0.25) is 0 Å². The molecule has 0 aliphatic heterocycles. The fraction of sp³-hybridized carbons (Fsp3) is 0.190. The number of anilines is 3. The maximum Gasteiger partial charge on any atom is 0.275 e. The summed E-state index contributed by atoms with van der Waals surface area (Å²) in [6.45, 7) is 6.13. The van der Waals surface area contributed by atoms with Gasteiger partial charge in [-0.05, 0) is 48.2 Å². The zero-order chi connectivity index (χ0) is 19.4. The van der Waals surface area contributed by atoms with Crippen LogP contribution in [0.25, 0.3) is 0 Å². The average Bonchev–Trinajstić information content (AvgIpc) is 2.65. The van der Waals surface area contributed by atoms with Crippen molar-refractivity contribution in [3.8, 4) is 0 Å². The van der Waals surface area contributed by atoms with Crippen LogP contribution in [0.1, 0.15) is 41.4 Å². The summed E-state index contributed by atoms with van der Waals surface area (Å²) in [6.07, 6.45) is 2.88. The molecule has 0 fully saturated rings. The molecule has 138 valence electrons. The summed E-state index contributed by atoms with van der Waals surface area (Å²) < 4.78 is 13.0. The number of hydrogen-bond donors (Lipinski definition) is 2. The smallest absolute Gasteiger partial charge is 0.275 e. The van der Waals surface area contributed by atoms with E-state index in [9.17, 15) is 9.18 Å². The number of aryl methyl sites for hydroxylation is 1. The fourth-order valence-corrected chi connectivity index (χ4v) is 2.71. The third kappa shape index (κ3) is 4.47. The van der Waals surface area contributed by atoms with Gasteiger partial charge in [0.05, 0.1) is 12.4 Å². The van der Waals surface area contributed by atoms with Gasteiger partial charge in [-0.3, -0.25) is 4.79 Å². The Morgan fingerprint density at radius 3 is 2.41 bits per heavy atom. The van der Waals surface area contributed by atoms with Crippen LogP contribution in [0.5, 0.6) is 0 Å². The lowest BCUT2D eigenvalue weighted by atomic mass is 9.98. The molecule has 27 heavy (non-hydrogen) atoms. The molecule has 1 aromatic heterocycles. The van der Waals surface area contributed by atoms with Crippen molar-refractivity contribution in [2.75, 3.05) is 10.6 Å². The van der Waals surface area contributed by atoms with Crippen LogP contribution in [-0.4, -0.2) is 15.9 Å². The second-order valence-electron chi connectivity index (χ2n) is 6.57. The minimum absolute atomic E-state index is 0.220. The first-order valence-electron chi connectivity index (χ1n) is 8.69. The Kier molecular flexibility index (Phi) is 5.45. The molecule has 1 heterocycles. The predicted octanol–water partition coefficient (Wildman–Crippen LogP) is 5.04. The van der Waals surface area contributed by atoms with Crippen molar-refractivity contribution >= 4 is 23.1 Å². The van der Waals surface area contributed by atoms with Crippen molar-refractivity contribution in [2.24, 2.45) is 0 Å². The number of benzene rings is 2. The topological polar surface area (TPSA) is 66.9 Å². The quantitative estimate of drug-likeness (QED) is 0.665. The number of carbonyl (C=O) groups is 1. The molecule has 0 aliphatic rings. The van der Waals surface area contributed by atoms with Crippen molar-refractivity contribution in [1.29, 1.82) is 0 Å². The summed E-state index contributed by atoms with van der Waals surface area (Å²) >= 11 is 0. The molecule has 0 saturated heterocycles. The number of rotatable bonds is 5. The van der Waals surface area contributed by atoms with E-state index in [0.717, 1.165) is 16.8 Å². The van der Waals surface area contributed by atoms with Gasteiger partial charge in [-0.15, -0.1) is 0 Å². The summed E-state index contributed by atoms with van der Waals surface area (Å²) in [4.78, 5) is 21.0. The summed E-state index contributed by atoms with van der Waals surface area (Å²) in [5.41, 5.74) is 3.79. The van der Waals surface area contributed by atoms with E-state index in [1.165, 1.54) is 24.5 Å². The van der Waals surface area contributed by atoms with Crippen molar-refractivity contribution < 1.29 is 9.18 Å². The van der Waals surface area contributed by atoms with Gasteiger partial charge in [0.2, 0.25) is 0 Å². The Balaban J connectivity index is 1.74. The number of para-hydroxylation sites is 1. The molecule has 0 aliphatic carbocycles. The number of halogens is 1. The highest BCUT2D eigenvalue weighted by molar-refractivity contribution is 6.03. The minimum atomic E-state index is -0.313. The number of nitrogens with zero attached hydrogens (tertiary/aromatic N) is 2. The Morgan fingerprint density at radius 2 is 1.78 bits per heavy atom. The molecule has 5 nitrogen and oxygen atoms in total. The molecule has 0 spiro atoms. The molecule has 0 unspecified atom stereocenters. The third-order valence-corrected chi connectivity index (χ3v) is 4.17. The molecule has 0 radical (unpaired) electrons. The van der Waals surface area contributed by atoms with Crippen LogP contribution >= 0.6 is 0 Å². The molecular weight excluding hydrogens is 343 g/mol. The predicted molar refractivity (Wildman–Crippen MR) is 105 cm³/mol. The molecule has 0 bridgehead atoms. The summed E-state index contributed by atoms with van der Waals surface area (Å²) in [5.74, 6) is 0.133. The lowest BCUT2D eigenvalue weighted by Gasteiger charge is -2.16. The number of aromatic nitrogens is 2. The first-order chi connectivity index (χ1) is 12.9. The van der Waals surface area contributed by atoms with Crippen LogP contribution in [0.3, 0.4) is 0 Å². The van der Waals surface area contributed by atoms with E-state index in [4.69, 9.17) is 0 Å². The Morgan fingerprint density at radius 1 is 1.04 bits per heavy atom. The molecular formula is C21H21FN4O.